The lowest BCUT2D eigenvalue weighted by atomic mass is 9.86. The van der Waals surface area contributed by atoms with E-state index < -0.39 is 0 Å². The van der Waals surface area contributed by atoms with Crippen molar-refractivity contribution >= 4 is 5.97 Å². The zero-order chi connectivity index (χ0) is 21.5. The number of hydrogen-bond acceptors (Lipinski definition) is 7. The van der Waals surface area contributed by atoms with Gasteiger partial charge in [-0.3, -0.25) is 4.79 Å². The van der Waals surface area contributed by atoms with Crippen molar-refractivity contribution in [3.63, 3.8) is 0 Å². The van der Waals surface area contributed by atoms with Crippen molar-refractivity contribution in [3.05, 3.63) is 60.0 Å². The molecule has 3 rings (SSSR count). The average molecular weight is 410 g/mol. The first-order valence-electron chi connectivity index (χ1n) is 9.83. The van der Waals surface area contributed by atoms with Crippen LogP contribution in [0.15, 0.2) is 53.1 Å². The maximum Gasteiger partial charge on any atom is 0.314 e. The first-order chi connectivity index (χ1) is 14.6. The number of ether oxygens (including phenoxy) is 3. The maximum absolute atomic E-state index is 12.8. The van der Waals surface area contributed by atoms with Crippen molar-refractivity contribution in [2.75, 3.05) is 14.2 Å². The van der Waals surface area contributed by atoms with E-state index in [0.717, 1.165) is 12.0 Å². The van der Waals surface area contributed by atoms with E-state index in [2.05, 4.69) is 17.1 Å². The van der Waals surface area contributed by atoms with Gasteiger partial charge in [0.15, 0.2) is 18.1 Å². The predicted molar refractivity (Wildman–Crippen MR) is 111 cm³/mol. The largest absolute Gasteiger partial charge is 0.493 e. The summed E-state index contributed by atoms with van der Waals surface area (Å²) in [5.74, 6) is 1.27. The third-order valence-electron chi connectivity index (χ3n) is 5.07. The summed E-state index contributed by atoms with van der Waals surface area (Å²) in [5, 5.41) is 3.98. The Morgan fingerprint density at radius 1 is 1.07 bits per heavy atom. The minimum absolute atomic E-state index is 0.0844. The third kappa shape index (κ3) is 4.79. The van der Waals surface area contributed by atoms with Gasteiger partial charge in [-0.1, -0.05) is 55.8 Å². The number of methoxy groups -OCH3 is 2. The van der Waals surface area contributed by atoms with Crippen LogP contribution in [0.5, 0.6) is 11.5 Å². The lowest BCUT2D eigenvalue weighted by Crippen LogP contribution is -2.22. The summed E-state index contributed by atoms with van der Waals surface area (Å²) in [5.41, 5.74) is 1.64. The molecule has 158 valence electrons. The van der Waals surface area contributed by atoms with Gasteiger partial charge in [-0.25, -0.2) is 0 Å². The summed E-state index contributed by atoms with van der Waals surface area (Å²) in [4.78, 5) is 17.1. The molecular weight excluding hydrogens is 384 g/mol. The lowest BCUT2D eigenvalue weighted by molar-refractivity contribution is -0.149. The van der Waals surface area contributed by atoms with Gasteiger partial charge >= 0.3 is 5.97 Å². The van der Waals surface area contributed by atoms with Crippen molar-refractivity contribution in [1.82, 2.24) is 10.1 Å². The zero-order valence-electron chi connectivity index (χ0n) is 17.6. The Bertz CT molecular complexity index is 971. The Hall–Kier alpha value is -3.35. The van der Waals surface area contributed by atoms with Gasteiger partial charge in [0.05, 0.1) is 20.1 Å². The van der Waals surface area contributed by atoms with Crippen LogP contribution in [0.3, 0.4) is 0 Å². The third-order valence-corrected chi connectivity index (χ3v) is 5.07. The van der Waals surface area contributed by atoms with Crippen molar-refractivity contribution in [1.29, 1.82) is 0 Å². The normalized spacial score (nSPS) is 12.8. The highest BCUT2D eigenvalue weighted by Gasteiger charge is 2.27. The van der Waals surface area contributed by atoms with Crippen LogP contribution < -0.4 is 9.47 Å². The second kappa shape index (κ2) is 9.91. The minimum atomic E-state index is -0.343. The molecule has 0 fully saturated rings. The van der Waals surface area contributed by atoms with Gasteiger partial charge in [0, 0.05) is 5.56 Å². The van der Waals surface area contributed by atoms with Gasteiger partial charge in [-0.15, -0.1) is 0 Å². The molecule has 0 aliphatic carbocycles. The molecule has 0 aliphatic heterocycles. The van der Waals surface area contributed by atoms with Crippen LogP contribution >= 0.6 is 0 Å². The number of benzene rings is 2. The Kier molecular flexibility index (Phi) is 7.06. The summed E-state index contributed by atoms with van der Waals surface area (Å²) in [6.07, 6.45) is 0.860. The van der Waals surface area contributed by atoms with E-state index in [1.807, 2.05) is 37.3 Å². The topological polar surface area (TPSA) is 83.7 Å². The molecule has 0 saturated heterocycles. The highest BCUT2D eigenvalue weighted by Crippen LogP contribution is 2.31. The maximum atomic E-state index is 12.8. The molecule has 0 spiro atoms. The molecular formula is C23H26N2O5. The van der Waals surface area contributed by atoms with Crippen LogP contribution in [0.4, 0.5) is 0 Å². The molecule has 0 unspecified atom stereocenters. The Morgan fingerprint density at radius 3 is 2.47 bits per heavy atom. The van der Waals surface area contributed by atoms with Crippen LogP contribution in [-0.2, 0) is 16.1 Å². The molecule has 0 aliphatic rings. The quantitative estimate of drug-likeness (QED) is 0.476. The molecule has 1 heterocycles. The monoisotopic (exact) mass is 410 g/mol. The Morgan fingerprint density at radius 2 is 1.80 bits per heavy atom. The van der Waals surface area contributed by atoms with E-state index in [4.69, 9.17) is 18.7 Å². The molecule has 7 nitrogen and oxygen atoms in total. The summed E-state index contributed by atoms with van der Waals surface area (Å²) in [6, 6.07) is 15.0. The molecule has 3 aromatic rings. The van der Waals surface area contributed by atoms with Gasteiger partial charge in [-0.2, -0.15) is 4.98 Å². The van der Waals surface area contributed by atoms with Gasteiger partial charge in [-0.05, 0) is 29.7 Å². The van der Waals surface area contributed by atoms with Crippen molar-refractivity contribution in [3.8, 4) is 22.9 Å². The summed E-state index contributed by atoms with van der Waals surface area (Å²) >= 11 is 0. The van der Waals surface area contributed by atoms with Gasteiger partial charge < -0.3 is 18.7 Å². The van der Waals surface area contributed by atoms with Crippen LogP contribution in [0, 0.1) is 5.92 Å². The fraction of sp³-hybridized carbons (Fsp3) is 0.348. The Balaban J connectivity index is 1.71. The van der Waals surface area contributed by atoms with E-state index in [1.165, 1.54) is 0 Å². The smallest absolute Gasteiger partial charge is 0.314 e. The number of nitrogens with zero attached hydrogens (tertiary/aromatic N) is 2. The summed E-state index contributed by atoms with van der Waals surface area (Å²) in [7, 11) is 3.13. The molecule has 0 saturated carbocycles. The highest BCUT2D eigenvalue weighted by atomic mass is 16.6. The molecule has 0 N–H and O–H groups in total. The summed E-state index contributed by atoms with van der Waals surface area (Å²) in [6.45, 7) is 4.01. The molecule has 1 aromatic heterocycles. The second-order valence-electron chi connectivity index (χ2n) is 6.96. The molecule has 7 heteroatoms. The van der Waals surface area contributed by atoms with Gasteiger partial charge in [0.1, 0.15) is 0 Å². The molecule has 2 aromatic carbocycles. The zero-order valence-corrected chi connectivity index (χ0v) is 17.6. The van der Waals surface area contributed by atoms with Crippen LogP contribution in [0.25, 0.3) is 11.4 Å². The van der Waals surface area contributed by atoms with E-state index in [-0.39, 0.29) is 30.3 Å². The first kappa shape index (κ1) is 21.4. The van der Waals surface area contributed by atoms with E-state index >= 15 is 0 Å². The molecule has 30 heavy (non-hydrogen) atoms. The van der Waals surface area contributed by atoms with Gasteiger partial charge in [0.2, 0.25) is 5.82 Å². The van der Waals surface area contributed by atoms with Crippen molar-refractivity contribution < 1.29 is 23.5 Å². The second-order valence-corrected chi connectivity index (χ2v) is 6.96. The average Bonchev–Trinajstić information content (AvgIpc) is 3.27. The van der Waals surface area contributed by atoms with Crippen LogP contribution in [-0.4, -0.2) is 30.3 Å². The van der Waals surface area contributed by atoms with Crippen LogP contribution in [0.2, 0.25) is 0 Å². The first-order valence-corrected chi connectivity index (χ1v) is 9.83. The van der Waals surface area contributed by atoms with Crippen molar-refractivity contribution in [2.24, 2.45) is 5.92 Å². The van der Waals surface area contributed by atoms with Crippen LogP contribution in [0.1, 0.15) is 37.6 Å². The molecule has 0 radical (unpaired) electrons. The number of rotatable bonds is 9. The fourth-order valence-electron chi connectivity index (χ4n) is 3.22. The number of carbonyl (C=O) groups excluding carboxylic acids is 1. The lowest BCUT2D eigenvalue weighted by Gasteiger charge is -2.21. The Labute approximate surface area is 176 Å². The number of carbonyl (C=O) groups is 1. The van der Waals surface area contributed by atoms with Crippen molar-refractivity contribution in [2.45, 2.75) is 32.8 Å². The fourth-order valence-corrected chi connectivity index (χ4v) is 3.22. The standard InChI is InChI=1S/C23H26N2O5/c1-5-15(2)21(16-9-7-6-8-10-16)23(26)29-14-20-24-22(25-30-20)17-11-12-18(27-3)19(13-17)28-4/h6-13,15,21H,5,14H2,1-4H3/t15-,21-/m0/s1. The van der Waals surface area contributed by atoms with E-state index in [1.54, 1.807) is 32.4 Å². The number of aromatic nitrogens is 2. The molecule has 0 bridgehead atoms. The molecule has 2 atom stereocenters. The highest BCUT2D eigenvalue weighted by molar-refractivity contribution is 5.78. The van der Waals surface area contributed by atoms with E-state index in [9.17, 15) is 4.79 Å². The summed E-state index contributed by atoms with van der Waals surface area (Å²) < 4.78 is 21.3. The number of hydrogen-bond donors (Lipinski definition) is 0. The number of esters is 1. The SMILES string of the molecule is CC[C@H](C)[C@H](C(=O)OCc1nc(-c2ccc(OC)c(OC)c2)no1)c1ccccc1. The molecule has 0 amide bonds. The van der Waals surface area contributed by atoms with Gasteiger partial charge in [0.25, 0.3) is 5.89 Å². The minimum Gasteiger partial charge on any atom is -0.493 e. The van der Waals surface area contributed by atoms with E-state index in [0.29, 0.717) is 22.9 Å². The predicted octanol–water partition coefficient (Wildman–Crippen LogP) is 4.63.